The highest BCUT2D eigenvalue weighted by Crippen LogP contribution is 2.25. The summed E-state index contributed by atoms with van der Waals surface area (Å²) < 4.78 is 5.65. The Morgan fingerprint density at radius 1 is 1.47 bits per heavy atom. The zero-order valence-corrected chi connectivity index (χ0v) is 10.7. The molecule has 0 saturated heterocycles. The largest absolute Gasteiger partial charge is 0.506 e. The Bertz CT molecular complexity index is 366. The van der Waals surface area contributed by atoms with Crippen LogP contribution in [0, 0.1) is 6.92 Å². The van der Waals surface area contributed by atoms with Crippen LogP contribution in [0.3, 0.4) is 0 Å². The highest BCUT2D eigenvalue weighted by molar-refractivity contribution is 5.40. The van der Waals surface area contributed by atoms with E-state index in [1.54, 1.807) is 13.1 Å². The summed E-state index contributed by atoms with van der Waals surface area (Å²) in [5.74, 6) is 0.125. The van der Waals surface area contributed by atoms with Crippen molar-refractivity contribution in [2.45, 2.75) is 52.9 Å². The van der Waals surface area contributed by atoms with Crippen LogP contribution in [0.2, 0.25) is 0 Å². The molecule has 0 aliphatic carbocycles. The summed E-state index contributed by atoms with van der Waals surface area (Å²) in [4.78, 5) is 4.01. The van der Waals surface area contributed by atoms with E-state index in [9.17, 15) is 10.2 Å². The van der Waals surface area contributed by atoms with Crippen molar-refractivity contribution in [3.8, 4) is 5.75 Å². The van der Waals surface area contributed by atoms with Crippen LogP contribution in [0.25, 0.3) is 0 Å². The number of hydrogen-bond acceptors (Lipinski definition) is 4. The molecule has 1 rings (SSSR count). The van der Waals surface area contributed by atoms with Crippen LogP contribution in [0.4, 0.5) is 0 Å². The molecule has 0 fully saturated rings. The van der Waals surface area contributed by atoms with E-state index >= 15 is 0 Å². The van der Waals surface area contributed by atoms with Gasteiger partial charge in [-0.1, -0.05) is 13.3 Å². The smallest absolute Gasteiger partial charge is 0.142 e. The molecule has 0 amide bonds. The molecule has 2 N–H and O–H groups in total. The molecule has 4 heteroatoms. The van der Waals surface area contributed by atoms with Crippen LogP contribution in [-0.4, -0.2) is 21.3 Å². The minimum Gasteiger partial charge on any atom is -0.506 e. The number of ether oxygens (including phenoxy) is 1. The molecule has 0 radical (unpaired) electrons. The van der Waals surface area contributed by atoms with Gasteiger partial charge >= 0.3 is 0 Å². The van der Waals surface area contributed by atoms with Crippen LogP contribution in [0.1, 0.15) is 43.5 Å². The van der Waals surface area contributed by atoms with E-state index in [0.717, 1.165) is 12.8 Å². The number of aromatic hydroxyl groups is 1. The van der Waals surface area contributed by atoms with Crippen molar-refractivity contribution >= 4 is 0 Å². The second-order valence-electron chi connectivity index (χ2n) is 4.26. The second kappa shape index (κ2) is 6.57. The molecule has 0 aliphatic rings. The van der Waals surface area contributed by atoms with Gasteiger partial charge in [-0.3, -0.25) is 4.98 Å². The molecule has 17 heavy (non-hydrogen) atoms. The molecule has 0 saturated carbocycles. The van der Waals surface area contributed by atoms with Gasteiger partial charge < -0.3 is 14.9 Å². The van der Waals surface area contributed by atoms with Crippen molar-refractivity contribution < 1.29 is 14.9 Å². The third-order valence-electron chi connectivity index (χ3n) is 2.81. The van der Waals surface area contributed by atoms with Crippen LogP contribution in [0.15, 0.2) is 6.20 Å². The monoisotopic (exact) mass is 239 g/mol. The first-order chi connectivity index (χ1) is 8.10. The van der Waals surface area contributed by atoms with Crippen molar-refractivity contribution in [3.05, 3.63) is 23.0 Å². The van der Waals surface area contributed by atoms with Crippen LogP contribution >= 0.6 is 0 Å². The van der Waals surface area contributed by atoms with Gasteiger partial charge in [0.1, 0.15) is 5.75 Å². The van der Waals surface area contributed by atoms with Gasteiger partial charge in [-0.2, -0.15) is 0 Å². The fourth-order valence-corrected chi connectivity index (χ4v) is 1.70. The van der Waals surface area contributed by atoms with Gasteiger partial charge in [0.15, 0.2) is 0 Å². The predicted octanol–water partition coefficient (Wildman–Crippen LogP) is 2.29. The van der Waals surface area contributed by atoms with E-state index in [-0.39, 0.29) is 18.5 Å². The molecule has 0 bridgehead atoms. The van der Waals surface area contributed by atoms with Gasteiger partial charge in [0, 0.05) is 17.3 Å². The summed E-state index contributed by atoms with van der Waals surface area (Å²) in [6.45, 7) is 6.02. The molecule has 1 aromatic heterocycles. The fraction of sp³-hybridized carbons (Fsp3) is 0.615. The third-order valence-corrected chi connectivity index (χ3v) is 2.81. The molecular formula is C13H21NO3. The number of rotatable bonds is 6. The van der Waals surface area contributed by atoms with Crippen LogP contribution < -0.4 is 0 Å². The van der Waals surface area contributed by atoms with Gasteiger partial charge in [-0.15, -0.1) is 0 Å². The lowest BCUT2D eigenvalue weighted by atomic mass is 10.1. The molecule has 96 valence electrons. The maximum absolute atomic E-state index is 9.90. The Kier molecular flexibility index (Phi) is 5.38. The Labute approximate surface area is 102 Å². The maximum Gasteiger partial charge on any atom is 0.142 e. The topological polar surface area (TPSA) is 62.6 Å². The van der Waals surface area contributed by atoms with Crippen LogP contribution in [0.5, 0.6) is 5.75 Å². The number of aromatic nitrogens is 1. The number of aliphatic hydroxyl groups is 1. The molecule has 0 spiro atoms. The molecule has 1 atom stereocenters. The van der Waals surface area contributed by atoms with E-state index in [0.29, 0.717) is 23.4 Å². The van der Waals surface area contributed by atoms with Gasteiger partial charge in [-0.25, -0.2) is 0 Å². The highest BCUT2D eigenvalue weighted by Gasteiger charge is 2.12. The average molecular weight is 239 g/mol. The molecule has 1 aromatic rings. The number of nitrogens with zero attached hydrogens (tertiary/aromatic N) is 1. The minimum atomic E-state index is -0.137. The lowest BCUT2D eigenvalue weighted by Gasteiger charge is -2.15. The Balaban J connectivity index is 2.78. The molecule has 0 aliphatic heterocycles. The summed E-state index contributed by atoms with van der Waals surface area (Å²) in [6, 6.07) is 0. The predicted molar refractivity (Wildman–Crippen MR) is 65.7 cm³/mol. The standard InChI is InChI=1S/C13H21NO3/c1-4-5-9(2)17-8-12-11(7-15)6-14-10(3)13(12)16/h6,9,15-16H,4-5,7-8H2,1-3H3. The van der Waals surface area contributed by atoms with Gasteiger partial charge in [-0.05, 0) is 20.3 Å². The number of aryl methyl sites for hydroxylation is 1. The Morgan fingerprint density at radius 2 is 2.18 bits per heavy atom. The van der Waals surface area contributed by atoms with E-state index in [1.807, 2.05) is 6.92 Å². The van der Waals surface area contributed by atoms with Gasteiger partial charge in [0.25, 0.3) is 0 Å². The maximum atomic E-state index is 9.90. The van der Waals surface area contributed by atoms with Crippen molar-refractivity contribution in [2.75, 3.05) is 0 Å². The lowest BCUT2D eigenvalue weighted by molar-refractivity contribution is 0.0450. The first-order valence-electron chi connectivity index (χ1n) is 5.98. The second-order valence-corrected chi connectivity index (χ2v) is 4.26. The molecular weight excluding hydrogens is 218 g/mol. The van der Waals surface area contributed by atoms with Crippen molar-refractivity contribution in [1.82, 2.24) is 4.98 Å². The first-order valence-corrected chi connectivity index (χ1v) is 5.98. The van der Waals surface area contributed by atoms with Crippen LogP contribution in [-0.2, 0) is 18.0 Å². The van der Waals surface area contributed by atoms with E-state index < -0.39 is 0 Å². The zero-order valence-electron chi connectivity index (χ0n) is 10.7. The Hall–Kier alpha value is -1.13. The van der Waals surface area contributed by atoms with E-state index in [2.05, 4.69) is 11.9 Å². The van der Waals surface area contributed by atoms with Crippen molar-refractivity contribution in [1.29, 1.82) is 0 Å². The van der Waals surface area contributed by atoms with E-state index in [4.69, 9.17) is 4.74 Å². The zero-order chi connectivity index (χ0) is 12.8. The third kappa shape index (κ3) is 3.68. The summed E-state index contributed by atoms with van der Waals surface area (Å²) in [5.41, 5.74) is 1.82. The van der Waals surface area contributed by atoms with Crippen molar-refractivity contribution in [2.24, 2.45) is 0 Å². The van der Waals surface area contributed by atoms with Gasteiger partial charge in [0.05, 0.1) is 25.0 Å². The number of pyridine rings is 1. The SMILES string of the molecule is CCCC(C)OCc1c(CO)cnc(C)c1O. The summed E-state index contributed by atoms with van der Waals surface area (Å²) in [7, 11) is 0. The summed E-state index contributed by atoms with van der Waals surface area (Å²) >= 11 is 0. The van der Waals surface area contributed by atoms with Crippen molar-refractivity contribution in [3.63, 3.8) is 0 Å². The Morgan fingerprint density at radius 3 is 2.76 bits per heavy atom. The molecule has 1 heterocycles. The molecule has 1 unspecified atom stereocenters. The number of aliphatic hydroxyl groups excluding tert-OH is 1. The quantitative estimate of drug-likeness (QED) is 0.799. The summed E-state index contributed by atoms with van der Waals surface area (Å²) in [5, 5.41) is 19.1. The molecule has 4 nitrogen and oxygen atoms in total. The summed E-state index contributed by atoms with van der Waals surface area (Å²) in [6.07, 6.45) is 3.78. The first kappa shape index (κ1) is 13.9. The minimum absolute atomic E-state index is 0.125. The normalized spacial score (nSPS) is 12.7. The number of hydrogen-bond donors (Lipinski definition) is 2. The fourth-order valence-electron chi connectivity index (χ4n) is 1.70. The lowest BCUT2D eigenvalue weighted by Crippen LogP contribution is -2.09. The molecule has 0 aromatic carbocycles. The van der Waals surface area contributed by atoms with Gasteiger partial charge in [0.2, 0.25) is 0 Å². The average Bonchev–Trinajstić information content (AvgIpc) is 2.31. The highest BCUT2D eigenvalue weighted by atomic mass is 16.5. The van der Waals surface area contributed by atoms with E-state index in [1.165, 1.54) is 0 Å².